The Morgan fingerprint density at radius 1 is 1.80 bits per heavy atom. The minimum Gasteiger partial charge on any atom is -0.495 e. The fourth-order valence-corrected chi connectivity index (χ4v) is 2.00. The summed E-state index contributed by atoms with van der Waals surface area (Å²) in [6.07, 6.45) is 0.786. The molecule has 0 aliphatic carbocycles. The second-order valence-electron chi connectivity index (χ2n) is 1.60. The predicted molar refractivity (Wildman–Crippen MR) is 44.0 cm³/mol. The second kappa shape index (κ2) is 3.16. The van der Waals surface area contributed by atoms with Gasteiger partial charge >= 0.3 is 0 Å². The Labute approximate surface area is 70.9 Å². The first kappa shape index (κ1) is 7.75. The summed E-state index contributed by atoms with van der Waals surface area (Å²) in [6, 6.07) is 1.77. The van der Waals surface area contributed by atoms with E-state index in [9.17, 15) is 4.79 Å². The monoisotopic (exact) mass is 220 g/mol. The van der Waals surface area contributed by atoms with Gasteiger partial charge in [-0.05, 0) is 15.9 Å². The maximum atomic E-state index is 10.3. The average Bonchev–Trinajstić information content (AvgIpc) is 2.30. The van der Waals surface area contributed by atoms with Gasteiger partial charge in [0.05, 0.1) is 10.9 Å². The van der Waals surface area contributed by atoms with Crippen LogP contribution in [0.2, 0.25) is 0 Å². The van der Waals surface area contributed by atoms with E-state index in [-0.39, 0.29) is 0 Å². The Kier molecular flexibility index (Phi) is 2.45. The van der Waals surface area contributed by atoms with Crippen LogP contribution in [0.15, 0.2) is 9.85 Å². The minimum absolute atomic E-state index is 0.620. The predicted octanol–water partition coefficient (Wildman–Crippen LogP) is 2.33. The number of carbonyl (C=O) groups is 1. The van der Waals surface area contributed by atoms with Gasteiger partial charge < -0.3 is 4.74 Å². The quantitative estimate of drug-likeness (QED) is 0.716. The lowest BCUT2D eigenvalue weighted by molar-refractivity contribution is 0.112. The zero-order chi connectivity index (χ0) is 7.56. The molecule has 0 fully saturated rings. The Morgan fingerprint density at radius 3 is 2.90 bits per heavy atom. The smallest absolute Gasteiger partial charge is 0.163 e. The molecule has 0 amide bonds. The van der Waals surface area contributed by atoms with E-state index in [1.165, 1.54) is 11.3 Å². The Bertz CT molecular complexity index is 244. The van der Waals surface area contributed by atoms with Gasteiger partial charge in [0.1, 0.15) is 10.6 Å². The van der Waals surface area contributed by atoms with Crippen molar-refractivity contribution in [2.75, 3.05) is 7.11 Å². The van der Waals surface area contributed by atoms with Crippen molar-refractivity contribution in [3.8, 4) is 5.75 Å². The molecule has 1 aromatic heterocycles. The van der Waals surface area contributed by atoms with Crippen LogP contribution in [0.4, 0.5) is 0 Å². The first-order valence-electron chi connectivity index (χ1n) is 2.56. The number of ether oxygens (including phenoxy) is 1. The molecule has 0 unspecified atom stereocenters. The summed E-state index contributed by atoms with van der Waals surface area (Å²) in [6.45, 7) is 0. The van der Waals surface area contributed by atoms with E-state index in [4.69, 9.17) is 4.74 Å². The van der Waals surface area contributed by atoms with Crippen molar-refractivity contribution in [3.63, 3.8) is 0 Å². The SMILES string of the molecule is COc1cc(Br)sc1C=O. The van der Waals surface area contributed by atoms with Crippen LogP contribution >= 0.6 is 27.3 Å². The van der Waals surface area contributed by atoms with E-state index < -0.39 is 0 Å². The minimum atomic E-state index is 0.620. The largest absolute Gasteiger partial charge is 0.495 e. The second-order valence-corrected chi connectivity index (χ2v) is 4.06. The van der Waals surface area contributed by atoms with Crippen molar-refractivity contribution in [3.05, 3.63) is 14.7 Å². The van der Waals surface area contributed by atoms with Gasteiger partial charge in [0.15, 0.2) is 6.29 Å². The Hall–Kier alpha value is -0.350. The number of rotatable bonds is 2. The van der Waals surface area contributed by atoms with Crippen molar-refractivity contribution in [1.82, 2.24) is 0 Å². The summed E-state index contributed by atoms with van der Waals surface area (Å²) in [5.41, 5.74) is 0. The molecule has 0 aliphatic heterocycles. The van der Waals surface area contributed by atoms with Crippen LogP contribution in [-0.2, 0) is 0 Å². The fraction of sp³-hybridized carbons (Fsp3) is 0.167. The molecule has 0 aliphatic rings. The molecule has 1 rings (SSSR count). The molecule has 4 heteroatoms. The maximum absolute atomic E-state index is 10.3. The average molecular weight is 221 g/mol. The topological polar surface area (TPSA) is 26.3 Å². The molecule has 0 N–H and O–H groups in total. The third kappa shape index (κ3) is 1.38. The molecule has 0 saturated carbocycles. The fourth-order valence-electron chi connectivity index (χ4n) is 0.601. The first-order chi connectivity index (χ1) is 4.77. The van der Waals surface area contributed by atoms with Gasteiger partial charge in [0.25, 0.3) is 0 Å². The van der Waals surface area contributed by atoms with E-state index in [0.717, 1.165) is 10.1 Å². The van der Waals surface area contributed by atoms with Crippen LogP contribution in [0.1, 0.15) is 9.67 Å². The summed E-state index contributed by atoms with van der Waals surface area (Å²) in [7, 11) is 1.54. The Morgan fingerprint density at radius 2 is 2.50 bits per heavy atom. The molecule has 0 spiro atoms. The van der Waals surface area contributed by atoms with Crippen molar-refractivity contribution < 1.29 is 9.53 Å². The lowest BCUT2D eigenvalue weighted by Crippen LogP contribution is -1.82. The van der Waals surface area contributed by atoms with Gasteiger partial charge in [0, 0.05) is 6.07 Å². The van der Waals surface area contributed by atoms with Gasteiger partial charge in [-0.2, -0.15) is 0 Å². The van der Waals surface area contributed by atoms with Crippen LogP contribution in [0.3, 0.4) is 0 Å². The molecular formula is C6H5BrO2S. The summed E-state index contributed by atoms with van der Waals surface area (Å²) in [4.78, 5) is 10.9. The molecule has 1 aromatic rings. The Balaban J connectivity index is 3.08. The summed E-state index contributed by atoms with van der Waals surface area (Å²) < 4.78 is 5.81. The van der Waals surface area contributed by atoms with Gasteiger partial charge in [0.2, 0.25) is 0 Å². The highest BCUT2D eigenvalue weighted by Gasteiger charge is 2.05. The van der Waals surface area contributed by atoms with Crippen molar-refractivity contribution >= 4 is 33.6 Å². The maximum Gasteiger partial charge on any atom is 0.163 e. The lowest BCUT2D eigenvalue weighted by Gasteiger charge is -1.91. The standard InChI is InChI=1S/C6H5BrO2S/c1-9-4-2-6(7)10-5(4)3-8/h2-3H,1H3. The molecule has 0 radical (unpaired) electrons. The van der Waals surface area contributed by atoms with Crippen molar-refractivity contribution in [2.24, 2.45) is 0 Å². The molecule has 0 bridgehead atoms. The van der Waals surface area contributed by atoms with Crippen LogP contribution in [0.25, 0.3) is 0 Å². The normalized spacial score (nSPS) is 9.40. The van der Waals surface area contributed by atoms with Crippen LogP contribution in [0.5, 0.6) is 5.75 Å². The van der Waals surface area contributed by atoms with Gasteiger partial charge in [-0.1, -0.05) is 0 Å². The highest BCUT2D eigenvalue weighted by Crippen LogP contribution is 2.31. The van der Waals surface area contributed by atoms with E-state index in [0.29, 0.717) is 10.6 Å². The summed E-state index contributed by atoms with van der Waals surface area (Å²) in [5.74, 6) is 0.631. The van der Waals surface area contributed by atoms with Crippen LogP contribution in [0, 0.1) is 0 Å². The molecule has 1 heterocycles. The molecule has 2 nitrogen and oxygen atoms in total. The van der Waals surface area contributed by atoms with E-state index in [2.05, 4.69) is 15.9 Å². The zero-order valence-electron chi connectivity index (χ0n) is 5.26. The number of thiophene rings is 1. The van der Waals surface area contributed by atoms with Gasteiger partial charge in [-0.15, -0.1) is 11.3 Å². The molecular weight excluding hydrogens is 216 g/mol. The summed E-state index contributed by atoms with van der Waals surface area (Å²) in [5, 5.41) is 0. The molecule has 0 aromatic carbocycles. The molecule has 54 valence electrons. The third-order valence-corrected chi connectivity index (χ3v) is 2.57. The molecule has 10 heavy (non-hydrogen) atoms. The van der Waals surface area contributed by atoms with Crippen LogP contribution in [-0.4, -0.2) is 13.4 Å². The van der Waals surface area contributed by atoms with Crippen molar-refractivity contribution in [1.29, 1.82) is 0 Å². The number of aldehydes is 1. The number of hydrogen-bond donors (Lipinski definition) is 0. The van der Waals surface area contributed by atoms with Gasteiger partial charge in [-0.3, -0.25) is 4.79 Å². The first-order valence-corrected chi connectivity index (χ1v) is 4.17. The summed E-state index contributed by atoms with van der Waals surface area (Å²) >= 11 is 4.61. The number of methoxy groups -OCH3 is 1. The highest BCUT2D eigenvalue weighted by atomic mass is 79.9. The third-order valence-electron chi connectivity index (χ3n) is 1.02. The van der Waals surface area contributed by atoms with E-state index in [1.807, 2.05) is 0 Å². The van der Waals surface area contributed by atoms with E-state index >= 15 is 0 Å². The highest BCUT2D eigenvalue weighted by molar-refractivity contribution is 9.11. The van der Waals surface area contributed by atoms with Crippen molar-refractivity contribution in [2.45, 2.75) is 0 Å². The van der Waals surface area contributed by atoms with E-state index in [1.54, 1.807) is 13.2 Å². The molecule has 0 saturated heterocycles. The molecule has 0 atom stereocenters. The van der Waals surface area contributed by atoms with Crippen LogP contribution < -0.4 is 4.74 Å². The number of carbonyl (C=O) groups excluding carboxylic acids is 1. The number of hydrogen-bond acceptors (Lipinski definition) is 3. The number of halogens is 1. The zero-order valence-corrected chi connectivity index (χ0v) is 7.66. The van der Waals surface area contributed by atoms with Gasteiger partial charge in [-0.25, -0.2) is 0 Å². The lowest BCUT2D eigenvalue weighted by atomic mass is 10.5.